The lowest BCUT2D eigenvalue weighted by Crippen LogP contribution is -2.52. The van der Waals surface area contributed by atoms with Gasteiger partial charge in [-0.1, -0.05) is 25.7 Å². The molecule has 0 radical (unpaired) electrons. The van der Waals surface area contributed by atoms with Gasteiger partial charge in [0.25, 0.3) is 0 Å². The summed E-state index contributed by atoms with van der Waals surface area (Å²) in [6.45, 7) is 9.67. The minimum Gasteiger partial charge on any atom is -0.465 e. The standard InChI is InChI=1S/C29H39FIN5O5Si/c1-35-11-8-20(9-12-35)33-28(37)23(34-29(38)39)16-19-5-6-24(21(30)15-19)41-25-7-10-32-27-26(25)22(31)17-36(27)18-40-13-14-42(2,3)4/h5-7,10,15,17,20,23,34H,8-9,11-14,16,18H2,1-4H3,(H,33,37)(H,38,39)/t23-/m0/s1. The van der Waals surface area contributed by atoms with E-state index in [0.29, 0.717) is 30.3 Å². The van der Waals surface area contributed by atoms with Gasteiger partial charge in [-0.2, -0.15) is 0 Å². The second kappa shape index (κ2) is 14.1. The Morgan fingerprint density at radius 1 is 1.21 bits per heavy atom. The maximum absolute atomic E-state index is 15.3. The SMILES string of the molecule is CN1CCC(NC(=O)[C@H](Cc2ccc(Oc3ccnc4c3c(I)cn4COCC[Si](C)(C)C)c(F)c2)NC(=O)O)CC1. The fourth-order valence-corrected chi connectivity index (χ4v) is 6.38. The van der Waals surface area contributed by atoms with Crippen molar-refractivity contribution in [3.8, 4) is 11.5 Å². The monoisotopic (exact) mass is 711 g/mol. The minimum absolute atomic E-state index is 0.0000891. The Morgan fingerprint density at radius 3 is 2.62 bits per heavy atom. The summed E-state index contributed by atoms with van der Waals surface area (Å²) in [7, 11) is 0.826. The number of carbonyl (C=O) groups excluding carboxylic acids is 1. The van der Waals surface area contributed by atoms with Crippen molar-refractivity contribution in [3.05, 3.63) is 51.6 Å². The minimum atomic E-state index is -1.32. The molecule has 4 rings (SSSR count). The average Bonchev–Trinajstić information content (AvgIpc) is 3.24. The van der Waals surface area contributed by atoms with E-state index in [-0.39, 0.29) is 18.2 Å². The van der Waals surface area contributed by atoms with Gasteiger partial charge in [0.15, 0.2) is 11.6 Å². The molecule has 3 heterocycles. The number of rotatable bonds is 12. The third-order valence-electron chi connectivity index (χ3n) is 7.23. The lowest BCUT2D eigenvalue weighted by Gasteiger charge is -2.30. The molecule has 1 aromatic carbocycles. The first-order chi connectivity index (χ1) is 19.9. The van der Waals surface area contributed by atoms with E-state index < -0.39 is 31.9 Å². The van der Waals surface area contributed by atoms with Crippen LogP contribution in [-0.4, -0.2) is 78.5 Å². The molecule has 1 atom stereocenters. The highest BCUT2D eigenvalue weighted by Gasteiger charge is 2.26. The Hall–Kier alpha value is -2.75. The van der Waals surface area contributed by atoms with Crippen LogP contribution in [0.3, 0.4) is 0 Å². The zero-order chi connectivity index (χ0) is 30.4. The summed E-state index contributed by atoms with van der Waals surface area (Å²) >= 11 is 2.21. The number of hydrogen-bond acceptors (Lipinski definition) is 6. The lowest BCUT2D eigenvalue weighted by molar-refractivity contribution is -0.124. The van der Waals surface area contributed by atoms with E-state index in [9.17, 15) is 14.7 Å². The number of nitrogens with one attached hydrogen (secondary N) is 2. The highest BCUT2D eigenvalue weighted by atomic mass is 127. The number of benzene rings is 1. The number of pyridine rings is 1. The van der Waals surface area contributed by atoms with Crippen LogP contribution in [0.2, 0.25) is 25.7 Å². The van der Waals surface area contributed by atoms with Crippen LogP contribution < -0.4 is 15.4 Å². The van der Waals surface area contributed by atoms with E-state index in [2.05, 4.69) is 62.7 Å². The zero-order valence-electron chi connectivity index (χ0n) is 24.5. The molecule has 0 spiro atoms. The van der Waals surface area contributed by atoms with Gasteiger partial charge < -0.3 is 34.7 Å². The topological polar surface area (TPSA) is 118 Å². The molecule has 3 N–H and O–H groups in total. The van der Waals surface area contributed by atoms with Crippen LogP contribution >= 0.6 is 22.6 Å². The van der Waals surface area contributed by atoms with E-state index >= 15 is 4.39 Å². The second-order valence-electron chi connectivity index (χ2n) is 12.0. The third kappa shape index (κ3) is 8.88. The molecular weight excluding hydrogens is 672 g/mol. The van der Waals surface area contributed by atoms with Crippen LogP contribution in [0.4, 0.5) is 9.18 Å². The molecule has 0 saturated carbocycles. The molecule has 1 saturated heterocycles. The number of aromatic nitrogens is 2. The normalized spacial score (nSPS) is 15.5. The van der Waals surface area contributed by atoms with Gasteiger partial charge >= 0.3 is 6.09 Å². The summed E-state index contributed by atoms with van der Waals surface area (Å²) in [4.78, 5) is 31.0. The molecule has 13 heteroatoms. The van der Waals surface area contributed by atoms with Crippen molar-refractivity contribution in [1.29, 1.82) is 0 Å². The summed E-state index contributed by atoms with van der Waals surface area (Å²) in [6, 6.07) is 6.08. The number of piperidine rings is 1. The summed E-state index contributed by atoms with van der Waals surface area (Å²) in [6.07, 6.45) is 3.82. The van der Waals surface area contributed by atoms with Gasteiger partial charge in [0.2, 0.25) is 5.91 Å². The molecule has 1 fully saturated rings. The number of ether oxygens (including phenoxy) is 2. The predicted molar refractivity (Wildman–Crippen MR) is 170 cm³/mol. The van der Waals surface area contributed by atoms with Crippen molar-refractivity contribution in [2.45, 2.75) is 63.8 Å². The molecule has 2 amide bonds. The Morgan fingerprint density at radius 2 is 1.95 bits per heavy atom. The second-order valence-corrected chi connectivity index (χ2v) is 18.7. The molecule has 1 aliphatic rings. The Bertz CT molecular complexity index is 1410. The van der Waals surface area contributed by atoms with Crippen LogP contribution in [0.5, 0.6) is 11.5 Å². The van der Waals surface area contributed by atoms with Gasteiger partial charge in [-0.15, -0.1) is 0 Å². The van der Waals surface area contributed by atoms with E-state index in [1.807, 2.05) is 17.8 Å². The molecule has 228 valence electrons. The number of carbonyl (C=O) groups is 2. The molecule has 0 bridgehead atoms. The van der Waals surface area contributed by atoms with Gasteiger partial charge in [-0.25, -0.2) is 14.2 Å². The molecule has 3 aromatic rings. The molecule has 42 heavy (non-hydrogen) atoms. The number of carboxylic acid groups (broad SMARTS) is 1. The first kappa shape index (κ1) is 32.2. The van der Waals surface area contributed by atoms with Crippen LogP contribution in [0, 0.1) is 9.39 Å². The van der Waals surface area contributed by atoms with Crippen molar-refractivity contribution >= 4 is 53.7 Å². The zero-order valence-corrected chi connectivity index (χ0v) is 27.6. The largest absolute Gasteiger partial charge is 0.465 e. The third-order valence-corrected chi connectivity index (χ3v) is 9.76. The lowest BCUT2D eigenvalue weighted by atomic mass is 10.0. The van der Waals surface area contributed by atoms with Crippen LogP contribution in [0.1, 0.15) is 18.4 Å². The van der Waals surface area contributed by atoms with Crippen molar-refractivity contribution in [1.82, 2.24) is 25.1 Å². The van der Waals surface area contributed by atoms with Gasteiger partial charge in [-0.3, -0.25) is 4.79 Å². The van der Waals surface area contributed by atoms with Crippen molar-refractivity contribution < 1.29 is 28.6 Å². The van der Waals surface area contributed by atoms with Crippen molar-refractivity contribution in [2.75, 3.05) is 26.7 Å². The summed E-state index contributed by atoms with van der Waals surface area (Å²) in [5.74, 6) is -0.568. The molecule has 0 unspecified atom stereocenters. The van der Waals surface area contributed by atoms with Crippen LogP contribution in [0.25, 0.3) is 11.0 Å². The fraction of sp³-hybridized carbons (Fsp3) is 0.483. The average molecular weight is 712 g/mol. The first-order valence-corrected chi connectivity index (χ1v) is 18.8. The molecule has 10 nitrogen and oxygen atoms in total. The van der Waals surface area contributed by atoms with Gasteiger partial charge in [0.05, 0.1) is 5.39 Å². The van der Waals surface area contributed by atoms with Crippen LogP contribution in [0.15, 0.2) is 36.7 Å². The molecule has 0 aliphatic carbocycles. The van der Waals surface area contributed by atoms with Gasteiger partial charge in [0.1, 0.15) is 24.2 Å². The number of fused-ring (bicyclic) bond motifs is 1. The maximum Gasteiger partial charge on any atom is 0.405 e. The molecule has 2 aromatic heterocycles. The number of likely N-dealkylation sites (tertiary alicyclic amines) is 1. The Balaban J connectivity index is 1.45. The van der Waals surface area contributed by atoms with E-state index in [1.54, 1.807) is 18.3 Å². The van der Waals surface area contributed by atoms with Gasteiger partial charge in [-0.05, 0) is 85.4 Å². The van der Waals surface area contributed by atoms with Gasteiger partial charge in [0, 0.05) is 43.1 Å². The van der Waals surface area contributed by atoms with E-state index in [0.717, 1.165) is 40.9 Å². The fourth-order valence-electron chi connectivity index (χ4n) is 4.78. The van der Waals surface area contributed by atoms with Crippen molar-refractivity contribution in [2.24, 2.45) is 0 Å². The number of hydrogen-bond donors (Lipinski definition) is 3. The Kier molecular flexibility index (Phi) is 10.8. The number of amides is 2. The summed E-state index contributed by atoms with van der Waals surface area (Å²) in [5, 5.41) is 15.3. The highest BCUT2D eigenvalue weighted by Crippen LogP contribution is 2.34. The van der Waals surface area contributed by atoms with Crippen LogP contribution in [-0.2, 0) is 22.7 Å². The predicted octanol–water partition coefficient (Wildman–Crippen LogP) is 5.27. The quantitative estimate of drug-likeness (QED) is 0.133. The highest BCUT2D eigenvalue weighted by molar-refractivity contribution is 14.1. The molecule has 1 aliphatic heterocycles. The van der Waals surface area contributed by atoms with E-state index in [4.69, 9.17) is 9.47 Å². The molecular formula is C29H39FIN5O5Si. The Labute approximate surface area is 260 Å². The maximum atomic E-state index is 15.3. The smallest absolute Gasteiger partial charge is 0.405 e. The number of nitrogens with zero attached hydrogens (tertiary/aromatic N) is 3. The summed E-state index contributed by atoms with van der Waals surface area (Å²) in [5.41, 5.74) is 1.15. The number of halogens is 2. The first-order valence-electron chi connectivity index (χ1n) is 14.1. The van der Waals surface area contributed by atoms with E-state index in [1.165, 1.54) is 12.1 Å². The summed E-state index contributed by atoms with van der Waals surface area (Å²) < 4.78 is 30.0. The van der Waals surface area contributed by atoms with Crippen molar-refractivity contribution in [3.63, 3.8) is 0 Å².